The lowest BCUT2D eigenvalue weighted by Gasteiger charge is -2.23. The molecule has 0 saturated carbocycles. The minimum atomic E-state index is -0.182. The Morgan fingerprint density at radius 2 is 1.70 bits per heavy atom. The Hall–Kier alpha value is -2.53. The highest BCUT2D eigenvalue weighted by molar-refractivity contribution is 5.95. The molecule has 0 aromatic heterocycles. The van der Waals surface area contributed by atoms with Gasteiger partial charge in [-0.15, -0.1) is 0 Å². The Bertz CT molecular complexity index is 824. The maximum atomic E-state index is 12.8. The number of quaternary nitrogens is 1. The first-order chi connectivity index (χ1) is 12.8. The zero-order valence-electron chi connectivity index (χ0n) is 16.8. The summed E-state index contributed by atoms with van der Waals surface area (Å²) in [5.74, 6) is 1.61. The molecule has 1 heterocycles. The van der Waals surface area contributed by atoms with Gasteiger partial charge in [0.25, 0.3) is 5.91 Å². The fraction of sp³-hybridized carbons (Fsp3) is 0.409. The van der Waals surface area contributed by atoms with Crippen LogP contribution in [0.4, 0.5) is 5.69 Å². The number of hydrogen-bond donors (Lipinski definition) is 2. The Labute approximate surface area is 161 Å². The second kappa shape index (κ2) is 8.01. The van der Waals surface area contributed by atoms with Crippen molar-refractivity contribution in [1.29, 1.82) is 0 Å². The molecule has 2 aromatic rings. The minimum absolute atomic E-state index is 0.0279. The molecule has 0 bridgehead atoms. The third kappa shape index (κ3) is 4.42. The van der Waals surface area contributed by atoms with Crippen LogP contribution in [0.5, 0.6) is 11.5 Å². The van der Waals surface area contributed by atoms with Crippen molar-refractivity contribution in [3.8, 4) is 11.5 Å². The normalized spacial score (nSPS) is 15.1. The van der Waals surface area contributed by atoms with E-state index in [0.29, 0.717) is 13.2 Å². The maximum Gasteiger partial charge on any atom is 0.282 e. The van der Waals surface area contributed by atoms with Crippen LogP contribution in [0.1, 0.15) is 29.2 Å². The third-order valence-corrected chi connectivity index (χ3v) is 5.15. The molecule has 0 radical (unpaired) electrons. The molecule has 144 valence electrons. The largest absolute Gasteiger partial charge is 0.486 e. The Balaban J connectivity index is 1.66. The molecule has 0 aliphatic carbocycles. The monoisotopic (exact) mass is 369 g/mol. The summed E-state index contributed by atoms with van der Waals surface area (Å²) in [7, 11) is 2.04. The number of carbonyl (C=O) groups excluding carboxylic acids is 1. The van der Waals surface area contributed by atoms with Crippen LogP contribution in [0.15, 0.2) is 30.3 Å². The Morgan fingerprint density at radius 1 is 1.07 bits per heavy atom. The number of likely N-dealkylation sites (N-methyl/N-ethyl adjacent to an activating group) is 1. The summed E-state index contributed by atoms with van der Waals surface area (Å²) in [4.78, 5) is 13.9. The zero-order chi connectivity index (χ0) is 19.6. The molecule has 1 aliphatic heterocycles. The summed E-state index contributed by atoms with van der Waals surface area (Å²) in [6, 6.07) is 10.0. The lowest BCUT2D eigenvalue weighted by Crippen LogP contribution is -3.12. The van der Waals surface area contributed by atoms with Gasteiger partial charge >= 0.3 is 0 Å². The highest BCUT2D eigenvalue weighted by atomic mass is 16.6. The van der Waals surface area contributed by atoms with E-state index in [4.69, 9.17) is 9.47 Å². The molecule has 3 rings (SSSR count). The molecule has 2 N–H and O–H groups in total. The highest BCUT2D eigenvalue weighted by Crippen LogP contribution is 2.30. The lowest BCUT2D eigenvalue weighted by molar-refractivity contribution is -0.907. The maximum absolute atomic E-state index is 12.8. The van der Waals surface area contributed by atoms with Crippen molar-refractivity contribution in [2.24, 2.45) is 0 Å². The summed E-state index contributed by atoms with van der Waals surface area (Å²) in [5.41, 5.74) is 5.44. The quantitative estimate of drug-likeness (QED) is 0.851. The average molecular weight is 369 g/mol. The van der Waals surface area contributed by atoms with E-state index in [2.05, 4.69) is 24.4 Å². The van der Waals surface area contributed by atoms with E-state index < -0.39 is 0 Å². The van der Waals surface area contributed by atoms with E-state index in [1.807, 2.05) is 46.0 Å². The fourth-order valence-corrected chi connectivity index (χ4v) is 3.51. The van der Waals surface area contributed by atoms with Crippen LogP contribution in [-0.4, -0.2) is 32.2 Å². The number of nitrogens with one attached hydrogen (secondary N) is 2. The van der Waals surface area contributed by atoms with Crippen molar-refractivity contribution in [2.45, 2.75) is 40.3 Å². The van der Waals surface area contributed by atoms with E-state index in [1.54, 1.807) is 0 Å². The summed E-state index contributed by atoms with van der Waals surface area (Å²) in [6.07, 6.45) is 0. The van der Waals surface area contributed by atoms with Crippen LogP contribution in [0.25, 0.3) is 0 Å². The van der Waals surface area contributed by atoms with Crippen molar-refractivity contribution in [3.05, 3.63) is 52.6 Å². The van der Waals surface area contributed by atoms with Gasteiger partial charge in [-0.25, -0.2) is 0 Å². The van der Waals surface area contributed by atoms with Gasteiger partial charge in [0.1, 0.15) is 19.8 Å². The van der Waals surface area contributed by atoms with Gasteiger partial charge in [-0.1, -0.05) is 17.7 Å². The molecule has 1 aliphatic rings. The number of rotatable bonds is 5. The second-order valence-electron chi connectivity index (χ2n) is 7.49. The summed E-state index contributed by atoms with van der Waals surface area (Å²) in [6.45, 7) is 10.00. The molecular weight excluding hydrogens is 340 g/mol. The van der Waals surface area contributed by atoms with Crippen LogP contribution < -0.4 is 19.7 Å². The van der Waals surface area contributed by atoms with Crippen molar-refractivity contribution in [2.75, 3.05) is 25.6 Å². The number of ether oxygens (including phenoxy) is 2. The van der Waals surface area contributed by atoms with Gasteiger partial charge in [0.05, 0.1) is 7.05 Å². The molecule has 5 nitrogen and oxygen atoms in total. The van der Waals surface area contributed by atoms with Gasteiger partial charge in [-0.2, -0.15) is 0 Å². The van der Waals surface area contributed by atoms with Crippen LogP contribution >= 0.6 is 0 Å². The first-order valence-electron chi connectivity index (χ1n) is 9.44. The molecule has 0 spiro atoms. The summed E-state index contributed by atoms with van der Waals surface area (Å²) >= 11 is 0. The molecule has 0 fully saturated rings. The van der Waals surface area contributed by atoms with Crippen molar-refractivity contribution < 1.29 is 19.2 Å². The third-order valence-electron chi connectivity index (χ3n) is 5.15. The molecule has 27 heavy (non-hydrogen) atoms. The van der Waals surface area contributed by atoms with Crippen LogP contribution in [0.3, 0.4) is 0 Å². The Kier molecular flexibility index (Phi) is 5.71. The molecule has 0 saturated heterocycles. The summed E-state index contributed by atoms with van der Waals surface area (Å²) < 4.78 is 11.2. The van der Waals surface area contributed by atoms with Crippen LogP contribution in [0, 0.1) is 20.8 Å². The first-order valence-corrected chi connectivity index (χ1v) is 9.44. The topological polar surface area (TPSA) is 52.0 Å². The van der Waals surface area contributed by atoms with Crippen LogP contribution in [0.2, 0.25) is 0 Å². The smallest absolute Gasteiger partial charge is 0.282 e. The van der Waals surface area contributed by atoms with E-state index >= 15 is 0 Å². The van der Waals surface area contributed by atoms with Gasteiger partial charge in [-0.05, 0) is 57.0 Å². The number of hydrogen-bond acceptors (Lipinski definition) is 3. The van der Waals surface area contributed by atoms with Gasteiger partial charge < -0.3 is 19.7 Å². The van der Waals surface area contributed by atoms with Crippen molar-refractivity contribution in [1.82, 2.24) is 0 Å². The molecule has 1 amide bonds. The predicted molar refractivity (Wildman–Crippen MR) is 107 cm³/mol. The summed E-state index contributed by atoms with van der Waals surface area (Å²) in [5, 5.41) is 3.12. The van der Waals surface area contributed by atoms with Crippen LogP contribution in [-0.2, 0) is 11.3 Å². The molecule has 5 heteroatoms. The predicted octanol–water partition coefficient (Wildman–Crippen LogP) is 2.42. The zero-order valence-corrected chi connectivity index (χ0v) is 16.8. The van der Waals surface area contributed by atoms with Crippen molar-refractivity contribution >= 4 is 11.6 Å². The second-order valence-corrected chi connectivity index (χ2v) is 7.49. The van der Waals surface area contributed by atoms with Gasteiger partial charge in [0, 0.05) is 11.3 Å². The molecular formula is C22H29N2O3+. The Morgan fingerprint density at radius 3 is 2.37 bits per heavy atom. The number of fused-ring (bicyclic) bond motifs is 1. The lowest BCUT2D eigenvalue weighted by atomic mass is 10.0. The SMILES string of the molecule is Cc1cc(C)c(NC(=O)[C@H](C)[NH+](C)Cc2ccc3c(c2)OCCO3)c(C)c1. The first kappa shape index (κ1) is 19.2. The standard InChI is InChI=1S/C22H28N2O3/c1-14-10-15(2)21(16(3)11-14)23-22(25)17(4)24(5)13-18-6-7-19-20(12-18)27-9-8-26-19/h6-7,10-12,17H,8-9,13H2,1-5H3,(H,23,25)/p+1/t17-/m0/s1. The molecule has 2 aromatic carbocycles. The van der Waals surface area contributed by atoms with Gasteiger partial charge in [0.2, 0.25) is 0 Å². The van der Waals surface area contributed by atoms with Crippen molar-refractivity contribution in [3.63, 3.8) is 0 Å². The average Bonchev–Trinajstić information content (AvgIpc) is 2.63. The number of anilines is 1. The number of carbonyl (C=O) groups is 1. The molecule has 2 atom stereocenters. The van der Waals surface area contributed by atoms with E-state index in [1.165, 1.54) is 5.56 Å². The van der Waals surface area contributed by atoms with Gasteiger partial charge in [-0.3, -0.25) is 4.79 Å². The minimum Gasteiger partial charge on any atom is -0.486 e. The van der Waals surface area contributed by atoms with E-state index in [-0.39, 0.29) is 11.9 Å². The number of benzene rings is 2. The number of aryl methyl sites for hydroxylation is 3. The van der Waals surface area contributed by atoms with E-state index in [9.17, 15) is 4.79 Å². The fourth-order valence-electron chi connectivity index (χ4n) is 3.51. The molecule has 1 unspecified atom stereocenters. The van der Waals surface area contributed by atoms with E-state index in [0.717, 1.165) is 45.3 Å². The number of amides is 1. The van der Waals surface area contributed by atoms with Gasteiger partial charge in [0.15, 0.2) is 17.5 Å². The highest BCUT2D eigenvalue weighted by Gasteiger charge is 2.24.